The molecule has 2 aromatic carbocycles. The van der Waals surface area contributed by atoms with Gasteiger partial charge in [-0.2, -0.15) is 24.2 Å². The number of aromatic amines is 1. The third-order valence-electron chi connectivity index (χ3n) is 5.33. The summed E-state index contributed by atoms with van der Waals surface area (Å²) in [4.78, 5) is 0. The Balaban J connectivity index is 1.46. The summed E-state index contributed by atoms with van der Waals surface area (Å²) in [7, 11) is 0. The van der Waals surface area contributed by atoms with Gasteiger partial charge in [0.2, 0.25) is 0 Å². The second kappa shape index (κ2) is 6.71. The SMILES string of the molecule is N#Cc1ccc2c(c1)CC[C@@H]2Nc1ccc2[nH]nc(-c3cnn(C(F)F)c3)c2c1. The van der Waals surface area contributed by atoms with Crippen molar-refractivity contribution < 1.29 is 8.78 Å². The maximum absolute atomic E-state index is 12.8. The second-order valence-electron chi connectivity index (χ2n) is 7.08. The summed E-state index contributed by atoms with van der Waals surface area (Å²) < 4.78 is 26.3. The number of halogens is 2. The Bertz CT molecular complexity index is 1250. The zero-order valence-corrected chi connectivity index (χ0v) is 15.2. The van der Waals surface area contributed by atoms with Crippen molar-refractivity contribution in [3.8, 4) is 17.3 Å². The van der Waals surface area contributed by atoms with Crippen LogP contribution in [-0.4, -0.2) is 20.0 Å². The van der Waals surface area contributed by atoms with E-state index in [0.717, 1.165) is 29.4 Å². The molecule has 1 aliphatic rings. The topological polar surface area (TPSA) is 82.3 Å². The quantitative estimate of drug-likeness (QED) is 0.525. The first-order valence-corrected chi connectivity index (χ1v) is 9.22. The van der Waals surface area contributed by atoms with Crippen LogP contribution in [0.3, 0.4) is 0 Å². The molecule has 2 heterocycles. The molecule has 1 aliphatic carbocycles. The van der Waals surface area contributed by atoms with Gasteiger partial charge in [0.1, 0.15) is 5.69 Å². The van der Waals surface area contributed by atoms with Gasteiger partial charge in [0.05, 0.1) is 29.4 Å². The summed E-state index contributed by atoms with van der Waals surface area (Å²) in [5, 5.41) is 24.4. The van der Waals surface area contributed by atoms with Gasteiger partial charge in [0, 0.05) is 22.8 Å². The Morgan fingerprint density at radius 1 is 1.24 bits per heavy atom. The fraction of sp³-hybridized carbons (Fsp3) is 0.190. The molecule has 6 nitrogen and oxygen atoms in total. The number of rotatable bonds is 4. The number of aryl methyl sites for hydroxylation is 1. The van der Waals surface area contributed by atoms with Crippen molar-refractivity contribution in [3.05, 3.63) is 65.5 Å². The van der Waals surface area contributed by atoms with Crippen molar-refractivity contribution in [2.75, 3.05) is 5.32 Å². The van der Waals surface area contributed by atoms with Crippen LogP contribution in [0.2, 0.25) is 0 Å². The van der Waals surface area contributed by atoms with Crippen LogP contribution in [0.1, 0.15) is 35.7 Å². The number of hydrogen-bond donors (Lipinski definition) is 2. The molecule has 0 bridgehead atoms. The molecule has 1 atom stereocenters. The largest absolute Gasteiger partial charge is 0.378 e. The molecule has 0 spiro atoms. The van der Waals surface area contributed by atoms with Crippen LogP contribution in [0.4, 0.5) is 14.5 Å². The molecule has 29 heavy (non-hydrogen) atoms. The Morgan fingerprint density at radius 2 is 2.14 bits per heavy atom. The van der Waals surface area contributed by atoms with Crippen LogP contribution in [0, 0.1) is 11.3 Å². The lowest BCUT2D eigenvalue weighted by Crippen LogP contribution is -2.06. The summed E-state index contributed by atoms with van der Waals surface area (Å²) in [6.07, 6.45) is 4.55. The average Bonchev–Trinajstić information content (AvgIpc) is 3.45. The van der Waals surface area contributed by atoms with Crippen LogP contribution < -0.4 is 5.32 Å². The van der Waals surface area contributed by atoms with Gasteiger partial charge in [-0.3, -0.25) is 5.10 Å². The van der Waals surface area contributed by atoms with Crippen LogP contribution in [0.5, 0.6) is 0 Å². The monoisotopic (exact) mass is 390 g/mol. The molecule has 2 N–H and O–H groups in total. The number of nitriles is 1. The molecule has 0 unspecified atom stereocenters. The van der Waals surface area contributed by atoms with Crippen molar-refractivity contribution in [2.45, 2.75) is 25.4 Å². The minimum atomic E-state index is -2.69. The van der Waals surface area contributed by atoms with E-state index >= 15 is 0 Å². The summed E-state index contributed by atoms with van der Waals surface area (Å²) >= 11 is 0. The van der Waals surface area contributed by atoms with E-state index in [9.17, 15) is 8.78 Å². The molecule has 0 radical (unpaired) electrons. The van der Waals surface area contributed by atoms with Crippen molar-refractivity contribution in [2.24, 2.45) is 0 Å². The van der Waals surface area contributed by atoms with E-state index in [1.54, 1.807) is 0 Å². The Kier molecular flexibility index (Phi) is 4.02. The van der Waals surface area contributed by atoms with E-state index < -0.39 is 6.55 Å². The minimum Gasteiger partial charge on any atom is -0.378 e. The number of nitrogens with one attached hydrogen (secondary N) is 2. The highest BCUT2D eigenvalue weighted by atomic mass is 19.3. The molecule has 8 heteroatoms. The number of nitrogens with zero attached hydrogens (tertiary/aromatic N) is 4. The van der Waals surface area contributed by atoms with Crippen LogP contribution in [0.15, 0.2) is 48.8 Å². The molecule has 2 aromatic heterocycles. The Hall–Kier alpha value is -3.73. The molecule has 0 saturated carbocycles. The van der Waals surface area contributed by atoms with E-state index in [1.165, 1.54) is 23.5 Å². The van der Waals surface area contributed by atoms with Crippen LogP contribution in [-0.2, 0) is 6.42 Å². The van der Waals surface area contributed by atoms with E-state index in [4.69, 9.17) is 5.26 Å². The summed E-state index contributed by atoms with van der Waals surface area (Å²) in [6, 6.07) is 14.0. The van der Waals surface area contributed by atoms with Gasteiger partial charge >= 0.3 is 6.55 Å². The zero-order chi connectivity index (χ0) is 20.0. The van der Waals surface area contributed by atoms with E-state index in [2.05, 4.69) is 26.7 Å². The van der Waals surface area contributed by atoms with E-state index in [0.29, 0.717) is 21.5 Å². The van der Waals surface area contributed by atoms with Crippen LogP contribution in [0.25, 0.3) is 22.2 Å². The first-order valence-electron chi connectivity index (χ1n) is 9.22. The number of hydrogen-bond acceptors (Lipinski definition) is 4. The molecular weight excluding hydrogens is 374 g/mol. The fourth-order valence-corrected chi connectivity index (χ4v) is 3.93. The lowest BCUT2D eigenvalue weighted by atomic mass is 10.0. The van der Waals surface area contributed by atoms with Gasteiger partial charge in [-0.25, -0.2) is 4.68 Å². The van der Waals surface area contributed by atoms with Crippen molar-refractivity contribution in [3.63, 3.8) is 0 Å². The molecule has 0 saturated heterocycles. The maximum Gasteiger partial charge on any atom is 0.333 e. The predicted molar refractivity (Wildman–Crippen MR) is 104 cm³/mol. The van der Waals surface area contributed by atoms with Crippen molar-refractivity contribution in [1.82, 2.24) is 20.0 Å². The predicted octanol–water partition coefficient (Wildman–Crippen LogP) is 4.79. The van der Waals surface area contributed by atoms with Crippen LogP contribution >= 0.6 is 0 Å². The summed E-state index contributed by atoms with van der Waals surface area (Å²) in [5.74, 6) is 0. The molecule has 4 aromatic rings. The highest BCUT2D eigenvalue weighted by molar-refractivity contribution is 5.94. The molecule has 5 rings (SSSR count). The van der Waals surface area contributed by atoms with Crippen molar-refractivity contribution in [1.29, 1.82) is 5.26 Å². The number of aromatic nitrogens is 4. The normalized spacial score (nSPS) is 15.6. The third kappa shape index (κ3) is 3.01. The van der Waals surface area contributed by atoms with E-state index in [-0.39, 0.29) is 6.04 Å². The van der Waals surface area contributed by atoms with Crippen molar-refractivity contribution >= 4 is 16.6 Å². The number of anilines is 1. The number of benzene rings is 2. The van der Waals surface area contributed by atoms with Gasteiger partial charge in [-0.15, -0.1) is 0 Å². The maximum atomic E-state index is 12.8. The summed E-state index contributed by atoms with van der Waals surface area (Å²) in [6.45, 7) is -2.69. The number of H-pyrrole nitrogens is 1. The number of fused-ring (bicyclic) bond motifs is 2. The molecular formula is C21H16F2N6. The van der Waals surface area contributed by atoms with Gasteiger partial charge in [-0.1, -0.05) is 6.07 Å². The van der Waals surface area contributed by atoms with Gasteiger partial charge < -0.3 is 5.32 Å². The van der Waals surface area contributed by atoms with E-state index in [1.807, 2.05) is 36.4 Å². The molecule has 0 aliphatic heterocycles. The fourth-order valence-electron chi connectivity index (χ4n) is 3.93. The highest BCUT2D eigenvalue weighted by Gasteiger charge is 2.23. The highest BCUT2D eigenvalue weighted by Crippen LogP contribution is 2.36. The molecule has 144 valence electrons. The second-order valence-corrected chi connectivity index (χ2v) is 7.08. The lowest BCUT2D eigenvalue weighted by Gasteiger charge is -2.16. The average molecular weight is 390 g/mol. The third-order valence-corrected chi connectivity index (χ3v) is 5.33. The first-order chi connectivity index (χ1) is 14.1. The Morgan fingerprint density at radius 3 is 2.93 bits per heavy atom. The Labute approximate surface area is 164 Å². The van der Waals surface area contributed by atoms with Gasteiger partial charge in [0.15, 0.2) is 0 Å². The minimum absolute atomic E-state index is 0.159. The number of alkyl halides is 2. The molecule has 0 fully saturated rings. The first kappa shape index (κ1) is 17.4. The van der Waals surface area contributed by atoms with Gasteiger partial charge in [-0.05, 0) is 54.3 Å². The molecule has 0 amide bonds. The smallest absolute Gasteiger partial charge is 0.333 e. The van der Waals surface area contributed by atoms with Gasteiger partial charge in [0.25, 0.3) is 0 Å². The standard InChI is InChI=1S/C21H16F2N6/c22-21(23)29-11-14(10-25-29)20-17-8-15(3-6-19(17)27-28-20)26-18-5-2-13-7-12(9-24)1-4-16(13)18/h1,3-4,6-8,10-11,18,21,26H,2,5H2,(H,27,28)/t18-/m0/s1. The zero-order valence-electron chi connectivity index (χ0n) is 15.2. The summed E-state index contributed by atoms with van der Waals surface area (Å²) in [5.41, 5.74) is 5.94. The lowest BCUT2D eigenvalue weighted by molar-refractivity contribution is 0.0566.